The Balaban J connectivity index is 1.36. The molecule has 5 rings (SSSR count). The Morgan fingerprint density at radius 2 is 1.00 bits per heavy atom. The summed E-state index contributed by atoms with van der Waals surface area (Å²) in [6.45, 7) is 0.813. The minimum Gasteiger partial charge on any atom is -0.458 e. The van der Waals surface area contributed by atoms with Gasteiger partial charge in [-0.1, -0.05) is 83.9 Å². The van der Waals surface area contributed by atoms with Crippen LogP contribution in [0, 0.1) is 0 Å². The van der Waals surface area contributed by atoms with E-state index in [9.17, 15) is 0 Å². The number of halogens is 2. The molecule has 0 radical (unpaired) electrons. The molecule has 1 fully saturated rings. The topological polar surface area (TPSA) is 36.9 Å². The Hall–Kier alpha value is -3.02. The van der Waals surface area contributed by atoms with Crippen LogP contribution in [-0.2, 0) is 22.3 Å². The van der Waals surface area contributed by atoms with Crippen LogP contribution in [0.25, 0.3) is 0 Å². The Kier molecular flexibility index (Phi) is 8.09. The summed E-state index contributed by atoms with van der Waals surface area (Å²) in [6.07, 6.45) is -0.160. The molecule has 4 aromatic rings. The fraction of sp³-hybridized carbons (Fsp3) is 0.200. The van der Waals surface area contributed by atoms with Gasteiger partial charge in [0.2, 0.25) is 0 Å². The fourth-order valence-electron chi connectivity index (χ4n) is 4.15. The van der Waals surface area contributed by atoms with Crippen molar-refractivity contribution in [2.45, 2.75) is 25.4 Å². The second-order valence-corrected chi connectivity index (χ2v) is 9.42. The lowest BCUT2D eigenvalue weighted by Gasteiger charge is -2.32. The third-order valence-electron chi connectivity index (χ3n) is 5.88. The van der Waals surface area contributed by atoms with Crippen molar-refractivity contribution < 1.29 is 18.9 Å². The van der Waals surface area contributed by atoms with E-state index in [1.807, 2.05) is 72.8 Å². The van der Waals surface area contributed by atoms with Crippen LogP contribution < -0.4 is 9.47 Å². The van der Waals surface area contributed by atoms with E-state index in [0.29, 0.717) is 47.6 Å². The molecule has 0 aromatic heterocycles. The lowest BCUT2D eigenvalue weighted by molar-refractivity contribution is -0.271. The van der Waals surface area contributed by atoms with Gasteiger partial charge >= 0.3 is 0 Å². The van der Waals surface area contributed by atoms with Crippen molar-refractivity contribution in [3.63, 3.8) is 0 Å². The minimum absolute atomic E-state index is 0.406. The van der Waals surface area contributed by atoms with E-state index in [1.54, 1.807) is 0 Å². The zero-order valence-corrected chi connectivity index (χ0v) is 21.1. The van der Waals surface area contributed by atoms with Gasteiger partial charge in [0, 0.05) is 34.0 Å². The van der Waals surface area contributed by atoms with Crippen molar-refractivity contribution in [1.82, 2.24) is 0 Å². The first-order valence-electron chi connectivity index (χ1n) is 11.9. The Labute approximate surface area is 221 Å². The number of hydrogen-bond acceptors (Lipinski definition) is 4. The van der Waals surface area contributed by atoms with Crippen molar-refractivity contribution in [2.24, 2.45) is 0 Å². The molecule has 1 aliphatic rings. The van der Waals surface area contributed by atoms with Crippen LogP contribution in [0.2, 0.25) is 10.0 Å². The maximum atomic E-state index is 6.32. The first-order chi connectivity index (χ1) is 17.6. The predicted molar refractivity (Wildman–Crippen MR) is 142 cm³/mol. The quantitative estimate of drug-likeness (QED) is 0.243. The van der Waals surface area contributed by atoms with Gasteiger partial charge in [-0.05, 0) is 47.5 Å². The average molecular weight is 521 g/mol. The summed E-state index contributed by atoms with van der Waals surface area (Å²) in [5.74, 6) is 1.35. The smallest absolute Gasteiger partial charge is 0.263 e. The van der Waals surface area contributed by atoms with Gasteiger partial charge in [-0.2, -0.15) is 0 Å². The summed E-state index contributed by atoms with van der Waals surface area (Å²) < 4.78 is 24.6. The Morgan fingerprint density at radius 1 is 0.583 bits per heavy atom. The summed E-state index contributed by atoms with van der Waals surface area (Å²) >= 11 is 12.6. The van der Waals surface area contributed by atoms with Crippen molar-refractivity contribution >= 4 is 23.2 Å². The van der Waals surface area contributed by atoms with E-state index in [-0.39, 0.29) is 0 Å². The van der Waals surface area contributed by atoms with Crippen LogP contribution in [-0.4, -0.2) is 25.8 Å². The Morgan fingerprint density at radius 3 is 1.42 bits per heavy atom. The molecule has 36 heavy (non-hydrogen) atoms. The van der Waals surface area contributed by atoms with Crippen molar-refractivity contribution in [3.8, 4) is 11.5 Å². The van der Waals surface area contributed by atoms with Crippen LogP contribution in [0.4, 0.5) is 0 Å². The second-order valence-electron chi connectivity index (χ2n) is 8.54. The number of rotatable bonds is 8. The monoisotopic (exact) mass is 520 g/mol. The molecule has 0 amide bonds. The summed E-state index contributed by atoms with van der Waals surface area (Å²) in [7, 11) is 0. The van der Waals surface area contributed by atoms with E-state index < -0.39 is 12.6 Å². The van der Waals surface area contributed by atoms with E-state index in [1.165, 1.54) is 0 Å². The Bertz CT molecular complexity index is 1180. The van der Waals surface area contributed by atoms with Gasteiger partial charge in [0.05, 0.1) is 13.2 Å². The summed E-state index contributed by atoms with van der Waals surface area (Å²) in [5, 5.41) is 1.29. The molecule has 1 heterocycles. The highest BCUT2D eigenvalue weighted by Crippen LogP contribution is 2.31. The molecule has 4 nitrogen and oxygen atoms in total. The molecule has 0 aliphatic carbocycles. The standard InChI is InChI=1S/C30H26Cl2O4/c31-25-11-13-27(23(19-25)17-21-7-3-1-4-8-21)35-29-30(34-16-15-33-29)36-28-14-12-26(32)20-24(28)18-22-9-5-2-6-10-22/h1-14,19-20,29-30H,15-18H2/t29-,30-/m1/s1. The van der Waals surface area contributed by atoms with Crippen LogP contribution in [0.5, 0.6) is 11.5 Å². The van der Waals surface area contributed by atoms with Crippen molar-refractivity contribution in [1.29, 1.82) is 0 Å². The molecule has 0 N–H and O–H groups in total. The lowest BCUT2D eigenvalue weighted by Crippen LogP contribution is -2.46. The first kappa shape index (κ1) is 24.7. The summed E-state index contributed by atoms with van der Waals surface area (Å²) in [4.78, 5) is 0. The molecule has 184 valence electrons. The molecule has 0 bridgehead atoms. The fourth-order valence-corrected chi connectivity index (χ4v) is 4.54. The highest BCUT2D eigenvalue weighted by Gasteiger charge is 2.32. The van der Waals surface area contributed by atoms with E-state index in [2.05, 4.69) is 24.3 Å². The highest BCUT2D eigenvalue weighted by atomic mass is 35.5. The molecule has 2 atom stereocenters. The summed E-state index contributed by atoms with van der Waals surface area (Å²) in [5.41, 5.74) is 4.23. The van der Waals surface area contributed by atoms with Crippen molar-refractivity contribution in [2.75, 3.05) is 13.2 Å². The van der Waals surface area contributed by atoms with Crippen LogP contribution in [0.3, 0.4) is 0 Å². The molecule has 0 unspecified atom stereocenters. The zero-order chi connectivity index (χ0) is 24.7. The number of ether oxygens (including phenoxy) is 4. The molecular weight excluding hydrogens is 495 g/mol. The third-order valence-corrected chi connectivity index (χ3v) is 6.35. The van der Waals surface area contributed by atoms with Gasteiger partial charge in [-0.25, -0.2) is 0 Å². The van der Waals surface area contributed by atoms with Gasteiger partial charge in [0.15, 0.2) is 0 Å². The SMILES string of the molecule is Clc1ccc(O[C@H]2OCCO[C@@H]2Oc2ccc(Cl)cc2Cc2ccccc2)c(Cc2ccccc2)c1. The van der Waals surface area contributed by atoms with Crippen LogP contribution in [0.15, 0.2) is 97.1 Å². The molecule has 0 saturated carbocycles. The molecule has 1 aliphatic heterocycles. The highest BCUT2D eigenvalue weighted by molar-refractivity contribution is 6.31. The van der Waals surface area contributed by atoms with Crippen LogP contribution >= 0.6 is 23.2 Å². The van der Waals surface area contributed by atoms with E-state index in [0.717, 1.165) is 22.3 Å². The van der Waals surface area contributed by atoms with Gasteiger partial charge in [-0.3, -0.25) is 0 Å². The van der Waals surface area contributed by atoms with E-state index in [4.69, 9.17) is 42.1 Å². The normalized spacial score (nSPS) is 17.5. The van der Waals surface area contributed by atoms with E-state index >= 15 is 0 Å². The largest absolute Gasteiger partial charge is 0.458 e. The molecule has 0 spiro atoms. The van der Waals surface area contributed by atoms with Gasteiger partial charge in [0.25, 0.3) is 12.6 Å². The predicted octanol–water partition coefficient (Wildman–Crippen LogP) is 7.33. The van der Waals surface area contributed by atoms with Crippen LogP contribution in [0.1, 0.15) is 22.3 Å². The second kappa shape index (κ2) is 11.8. The minimum atomic E-state index is -0.755. The number of benzene rings is 4. The molecule has 1 saturated heterocycles. The maximum Gasteiger partial charge on any atom is 0.263 e. The lowest BCUT2D eigenvalue weighted by atomic mass is 10.0. The van der Waals surface area contributed by atoms with Gasteiger partial charge in [-0.15, -0.1) is 0 Å². The zero-order valence-electron chi connectivity index (χ0n) is 19.6. The maximum absolute atomic E-state index is 6.32. The molecule has 4 aromatic carbocycles. The van der Waals surface area contributed by atoms with Crippen molar-refractivity contribution in [3.05, 3.63) is 129 Å². The number of hydrogen-bond donors (Lipinski definition) is 0. The average Bonchev–Trinajstić information content (AvgIpc) is 2.89. The molecule has 6 heteroatoms. The van der Waals surface area contributed by atoms with Gasteiger partial charge < -0.3 is 18.9 Å². The summed E-state index contributed by atoms with van der Waals surface area (Å²) in [6, 6.07) is 31.5. The third kappa shape index (κ3) is 6.40. The first-order valence-corrected chi connectivity index (χ1v) is 12.6. The molecular formula is C30H26Cl2O4. The van der Waals surface area contributed by atoms with Gasteiger partial charge in [0.1, 0.15) is 11.5 Å².